The van der Waals surface area contributed by atoms with Gasteiger partial charge in [-0.1, -0.05) is 47.2 Å². The minimum absolute atomic E-state index is 0.157. The number of amides is 1. The molecular weight excluding hydrogens is 454 g/mol. The Balaban J connectivity index is 1.45. The molecule has 1 N–H and O–H groups in total. The van der Waals surface area contributed by atoms with Gasteiger partial charge in [0.05, 0.1) is 11.7 Å². The van der Waals surface area contributed by atoms with Crippen molar-refractivity contribution >= 4 is 17.2 Å². The van der Waals surface area contributed by atoms with Crippen molar-refractivity contribution < 1.29 is 9.53 Å². The Kier molecular flexibility index (Phi) is 6.64. The fraction of sp³-hybridized carbons (Fsp3) is 0.276. The molecule has 0 saturated carbocycles. The molecule has 2 aromatic carbocycles. The highest BCUT2D eigenvalue weighted by molar-refractivity contribution is 7.13. The summed E-state index contributed by atoms with van der Waals surface area (Å²) in [5, 5.41) is 3.75. The summed E-state index contributed by atoms with van der Waals surface area (Å²) in [4.78, 5) is 23.7. The molecule has 5 rings (SSSR count). The molecule has 2 heterocycles. The van der Waals surface area contributed by atoms with Gasteiger partial charge in [-0.2, -0.15) is 0 Å². The molecule has 1 aliphatic rings. The lowest BCUT2D eigenvalue weighted by atomic mass is 10.0. The van der Waals surface area contributed by atoms with E-state index in [1.54, 1.807) is 17.4 Å². The molecule has 35 heavy (non-hydrogen) atoms. The van der Waals surface area contributed by atoms with Gasteiger partial charge in [0, 0.05) is 22.3 Å². The van der Waals surface area contributed by atoms with E-state index in [4.69, 9.17) is 9.72 Å². The molecule has 0 bridgehead atoms. The van der Waals surface area contributed by atoms with Gasteiger partial charge in [-0.05, 0) is 87.4 Å². The highest BCUT2D eigenvalue weighted by atomic mass is 32.1. The van der Waals surface area contributed by atoms with E-state index >= 15 is 0 Å². The van der Waals surface area contributed by atoms with Crippen LogP contribution in [0, 0.1) is 13.8 Å². The summed E-state index contributed by atoms with van der Waals surface area (Å²) < 4.78 is 6.23. The zero-order chi connectivity index (χ0) is 24.4. The number of thiazole rings is 1. The zero-order valence-electron chi connectivity index (χ0n) is 20.3. The second kappa shape index (κ2) is 10.0. The summed E-state index contributed by atoms with van der Waals surface area (Å²) in [5.41, 5.74) is 6.76. The van der Waals surface area contributed by atoms with E-state index in [1.807, 2.05) is 44.3 Å². The number of aryl methyl sites for hydroxylation is 4. The van der Waals surface area contributed by atoms with Gasteiger partial charge in [0.1, 0.15) is 5.75 Å². The molecule has 0 saturated heterocycles. The number of ether oxygens (including phenoxy) is 1. The normalized spacial score (nSPS) is 13.7. The number of benzene rings is 2. The van der Waals surface area contributed by atoms with Crippen LogP contribution in [0.4, 0.5) is 0 Å². The Bertz CT molecular complexity index is 1320. The van der Waals surface area contributed by atoms with E-state index in [0.29, 0.717) is 16.5 Å². The van der Waals surface area contributed by atoms with Crippen molar-refractivity contribution in [2.75, 3.05) is 0 Å². The van der Waals surface area contributed by atoms with Crippen LogP contribution >= 0.6 is 11.3 Å². The molecule has 1 aliphatic carbocycles. The van der Waals surface area contributed by atoms with Gasteiger partial charge in [-0.15, -0.1) is 0 Å². The molecule has 0 radical (unpaired) electrons. The summed E-state index contributed by atoms with van der Waals surface area (Å²) in [6.45, 7) is 5.98. The third-order valence-electron chi connectivity index (χ3n) is 6.37. The highest BCUT2D eigenvalue weighted by Crippen LogP contribution is 2.35. The topological polar surface area (TPSA) is 64.1 Å². The van der Waals surface area contributed by atoms with Crippen molar-refractivity contribution in [1.82, 2.24) is 15.3 Å². The Labute approximate surface area is 210 Å². The first-order valence-electron chi connectivity index (χ1n) is 12.1. The molecule has 0 unspecified atom stereocenters. The van der Waals surface area contributed by atoms with Gasteiger partial charge in [0.25, 0.3) is 11.1 Å². The predicted molar refractivity (Wildman–Crippen MR) is 140 cm³/mol. The first-order chi connectivity index (χ1) is 16.9. The second-order valence-electron chi connectivity index (χ2n) is 9.20. The number of carbonyl (C=O) groups excluding carboxylic acids is 1. The number of carbonyl (C=O) groups is 1. The maximum absolute atomic E-state index is 13.3. The van der Waals surface area contributed by atoms with Gasteiger partial charge in [-0.3, -0.25) is 9.78 Å². The summed E-state index contributed by atoms with van der Waals surface area (Å²) in [6, 6.07) is 17.8. The second-order valence-corrected chi connectivity index (χ2v) is 10.2. The third-order valence-corrected chi connectivity index (χ3v) is 7.40. The lowest BCUT2D eigenvalue weighted by Gasteiger charge is -2.16. The van der Waals surface area contributed by atoms with E-state index in [1.165, 1.54) is 23.3 Å². The van der Waals surface area contributed by atoms with Crippen LogP contribution in [0.1, 0.15) is 63.6 Å². The van der Waals surface area contributed by atoms with E-state index in [-0.39, 0.29) is 11.9 Å². The van der Waals surface area contributed by atoms with Crippen LogP contribution < -0.4 is 10.1 Å². The van der Waals surface area contributed by atoms with Crippen LogP contribution in [0.25, 0.3) is 11.1 Å². The first-order valence-corrected chi connectivity index (χ1v) is 12.9. The van der Waals surface area contributed by atoms with E-state index in [9.17, 15) is 4.79 Å². The van der Waals surface area contributed by atoms with Crippen molar-refractivity contribution in [2.24, 2.45) is 0 Å². The molecule has 5 nitrogen and oxygen atoms in total. The van der Waals surface area contributed by atoms with Crippen molar-refractivity contribution in [1.29, 1.82) is 0 Å². The molecule has 1 amide bonds. The van der Waals surface area contributed by atoms with Gasteiger partial charge in [0.15, 0.2) is 0 Å². The SMILES string of the molecule is Cc1ccc(-c2cc(Oc3nc4c(s3)CCCC4)cc(C(=O)N[C@H](C)c3ccc(C)nc3)c2)cc1. The fourth-order valence-electron chi connectivity index (χ4n) is 4.27. The number of pyridine rings is 1. The lowest BCUT2D eigenvalue weighted by molar-refractivity contribution is 0.0939. The summed E-state index contributed by atoms with van der Waals surface area (Å²) >= 11 is 1.62. The van der Waals surface area contributed by atoms with Crippen LogP contribution in [0.2, 0.25) is 0 Å². The molecule has 0 spiro atoms. The molecule has 0 fully saturated rings. The molecule has 6 heteroatoms. The number of nitrogens with zero attached hydrogens (tertiary/aromatic N) is 2. The highest BCUT2D eigenvalue weighted by Gasteiger charge is 2.18. The number of fused-ring (bicyclic) bond motifs is 1. The molecule has 1 atom stereocenters. The van der Waals surface area contributed by atoms with Crippen molar-refractivity contribution in [3.63, 3.8) is 0 Å². The average molecular weight is 484 g/mol. The van der Waals surface area contributed by atoms with Gasteiger partial charge in [-0.25, -0.2) is 4.98 Å². The number of hydrogen-bond donors (Lipinski definition) is 1. The van der Waals surface area contributed by atoms with Crippen LogP contribution in [0.15, 0.2) is 60.8 Å². The Morgan fingerprint density at radius 1 is 1.00 bits per heavy atom. The van der Waals surface area contributed by atoms with E-state index in [2.05, 4.69) is 41.5 Å². The third kappa shape index (κ3) is 5.43. The number of rotatable bonds is 6. The molecule has 2 aromatic heterocycles. The smallest absolute Gasteiger partial charge is 0.279 e. The zero-order valence-corrected chi connectivity index (χ0v) is 21.1. The van der Waals surface area contributed by atoms with Crippen molar-refractivity contribution in [2.45, 2.75) is 52.5 Å². The average Bonchev–Trinajstić information content (AvgIpc) is 3.27. The largest absolute Gasteiger partial charge is 0.431 e. The standard InChI is InChI=1S/C29H29N3O2S/c1-18-8-11-21(12-9-18)23-14-24(28(33)31-20(3)22-13-10-19(2)30-17-22)16-25(15-23)34-29-32-26-6-4-5-7-27(26)35-29/h8-17,20H,4-7H2,1-3H3,(H,31,33)/t20-/m1/s1. The van der Waals surface area contributed by atoms with Crippen molar-refractivity contribution in [3.05, 3.63) is 93.7 Å². The molecule has 0 aliphatic heterocycles. The van der Waals surface area contributed by atoms with Gasteiger partial charge in [0.2, 0.25) is 0 Å². The van der Waals surface area contributed by atoms with Crippen LogP contribution in [-0.4, -0.2) is 15.9 Å². The minimum atomic E-state index is -0.173. The lowest BCUT2D eigenvalue weighted by Crippen LogP contribution is -2.26. The maximum atomic E-state index is 13.3. The summed E-state index contributed by atoms with van der Waals surface area (Å²) in [7, 11) is 0. The first kappa shape index (κ1) is 23.2. The van der Waals surface area contributed by atoms with Crippen molar-refractivity contribution in [3.8, 4) is 22.1 Å². The predicted octanol–water partition coefficient (Wildman–Crippen LogP) is 6.98. The quantitative estimate of drug-likeness (QED) is 0.321. The molecular formula is C29H29N3O2S. The number of hydrogen-bond acceptors (Lipinski definition) is 5. The Morgan fingerprint density at radius 3 is 2.54 bits per heavy atom. The van der Waals surface area contributed by atoms with Gasteiger partial charge >= 0.3 is 0 Å². The Morgan fingerprint density at radius 2 is 1.80 bits per heavy atom. The fourth-order valence-corrected chi connectivity index (χ4v) is 5.29. The van der Waals surface area contributed by atoms with E-state index < -0.39 is 0 Å². The molecule has 178 valence electrons. The minimum Gasteiger partial charge on any atom is -0.431 e. The van der Waals surface area contributed by atoms with Crippen LogP contribution in [0.5, 0.6) is 10.9 Å². The maximum Gasteiger partial charge on any atom is 0.279 e. The number of nitrogens with one attached hydrogen (secondary N) is 1. The van der Waals surface area contributed by atoms with Gasteiger partial charge < -0.3 is 10.1 Å². The monoisotopic (exact) mass is 483 g/mol. The van der Waals surface area contributed by atoms with Crippen LogP contribution in [-0.2, 0) is 12.8 Å². The summed E-state index contributed by atoms with van der Waals surface area (Å²) in [5.74, 6) is 0.458. The number of aromatic nitrogens is 2. The van der Waals surface area contributed by atoms with Crippen LogP contribution in [0.3, 0.4) is 0 Å². The Hall–Kier alpha value is -3.51. The molecule has 4 aromatic rings. The van der Waals surface area contributed by atoms with E-state index in [0.717, 1.165) is 40.9 Å². The summed E-state index contributed by atoms with van der Waals surface area (Å²) in [6.07, 6.45) is 6.27.